The normalized spacial score (nSPS) is 11.9. The summed E-state index contributed by atoms with van der Waals surface area (Å²) < 4.78 is 62.4. The lowest BCUT2D eigenvalue weighted by Crippen LogP contribution is -2.15. The van der Waals surface area contributed by atoms with Crippen LogP contribution in [-0.4, -0.2) is 85.9 Å². The van der Waals surface area contributed by atoms with Gasteiger partial charge in [-0.3, -0.25) is 14.3 Å². The molecule has 4 heterocycles. The van der Waals surface area contributed by atoms with Crippen LogP contribution in [0.3, 0.4) is 0 Å². The third-order valence-electron chi connectivity index (χ3n) is 14.2. The van der Waals surface area contributed by atoms with E-state index in [9.17, 15) is 61.7 Å². The number of pyridine rings is 1. The molecule has 0 amide bonds. The van der Waals surface area contributed by atoms with Crippen LogP contribution < -0.4 is 19.7 Å². The summed E-state index contributed by atoms with van der Waals surface area (Å²) in [6, 6.07) is 26.3. The number of nitriles is 1. The van der Waals surface area contributed by atoms with Gasteiger partial charge in [-0.1, -0.05) is 78.8 Å². The smallest absolute Gasteiger partial charge is 0.335 e. The van der Waals surface area contributed by atoms with E-state index in [1.165, 1.54) is 41.1 Å². The summed E-state index contributed by atoms with van der Waals surface area (Å²) in [5.74, 6) is -5.27. The van der Waals surface area contributed by atoms with Crippen molar-refractivity contribution in [3.63, 3.8) is 0 Å². The molecule has 0 aliphatic carbocycles. The quantitative estimate of drug-likeness (QED) is 0.0392. The molecule has 0 aliphatic rings. The van der Waals surface area contributed by atoms with Gasteiger partial charge in [0, 0.05) is 11.1 Å². The fraction of sp³-hybridized carbons (Fsp3) is 0.177. The number of carbonyl (C=O) groups is 4. The highest BCUT2D eigenvalue weighted by atomic mass is 32.2. The minimum atomic E-state index is -4.45. The molecule has 4 aromatic heterocycles. The summed E-state index contributed by atoms with van der Waals surface area (Å²) in [6.45, 7) is 19.2. The number of azo groups is 1. The minimum Gasteiger partial charge on any atom is -0.478 e. The van der Waals surface area contributed by atoms with Crippen molar-refractivity contribution in [2.45, 2.75) is 84.4 Å². The van der Waals surface area contributed by atoms with Crippen molar-refractivity contribution in [1.82, 2.24) is 24.7 Å². The lowest BCUT2D eigenvalue weighted by atomic mass is 9.90. The molecule has 0 spiro atoms. The number of thiazole rings is 2. The van der Waals surface area contributed by atoms with Crippen LogP contribution in [0.25, 0.3) is 25.6 Å². The molecule has 458 valence electrons. The first kappa shape index (κ1) is 62.6. The van der Waals surface area contributed by atoms with Crippen molar-refractivity contribution in [3.05, 3.63) is 176 Å². The average molecular weight is 1290 g/mol. The van der Waals surface area contributed by atoms with Crippen molar-refractivity contribution >= 4 is 138 Å². The number of anilines is 7. The molecule has 6 aromatic carbocycles. The van der Waals surface area contributed by atoms with E-state index in [-0.39, 0.29) is 49.2 Å². The molecule has 90 heavy (non-hydrogen) atoms. The molecule has 0 saturated carbocycles. The molecule has 24 nitrogen and oxygen atoms in total. The maximum Gasteiger partial charge on any atom is 0.335 e. The van der Waals surface area contributed by atoms with Crippen LogP contribution >= 0.6 is 22.7 Å². The van der Waals surface area contributed by atoms with Crippen molar-refractivity contribution in [2.75, 3.05) is 19.7 Å². The molecule has 0 unspecified atom stereocenters. The molecule has 7 N–H and O–H groups in total. The third-order valence-corrected chi connectivity index (χ3v) is 18.9. The van der Waals surface area contributed by atoms with E-state index < -0.39 is 71.6 Å². The molecule has 0 bridgehead atoms. The SMILES string of the molecule is Cc1cc(C)c(Nc2nc(N(c3nc4ccc(S(=O)(=O)Nc5cc(C(=O)O)cc(C(=O)O)c5)cc4s3)c3c(C)cc(C)cc3C)cc(C)c2N=Nc2c(C#N)c(C(C)(C)C)nn2-c2nc3ccc(S(=O)(=O)Nc4cc(C(=O)O)cc(C(=O)O)c4)cc3s2)c(C)c1. The predicted molar refractivity (Wildman–Crippen MR) is 342 cm³/mol. The summed E-state index contributed by atoms with van der Waals surface area (Å²) >= 11 is 2.19. The minimum absolute atomic E-state index is 0.0157. The van der Waals surface area contributed by atoms with E-state index >= 15 is 0 Å². The molecule has 0 atom stereocenters. The molecule has 0 saturated heterocycles. The Hall–Kier alpha value is -10.5. The van der Waals surface area contributed by atoms with E-state index in [1.54, 1.807) is 6.07 Å². The van der Waals surface area contributed by atoms with Gasteiger partial charge >= 0.3 is 23.9 Å². The van der Waals surface area contributed by atoms with Gasteiger partial charge in [0.05, 0.1) is 75.2 Å². The standard InChI is InChI=1S/C62H54N12O12S4/c1-29-15-31(3)50(32(4)16-29)67-54-51(68-69-55-44(28-63)53(62(8,9)10)70-74(55)61-65-46-14-12-43(27-48(46)88-61)90(85,86)72-41-24-38(58(79)80)21-39(25-41)59(81)82)33(5)19-49(66-54)73(52-34(6)17-30(2)18-35(52)7)60-64-45-13-11-42(26-47(45)87-60)89(83,84)71-40-22-36(56(75)76)20-37(23-40)57(77)78/h11-27,71-72H,1-10H3,(H,66,67)(H,75,76)(H,77,78)(H,79,80)(H,81,82). The Balaban J connectivity index is 1.10. The Morgan fingerprint density at radius 1 is 0.589 bits per heavy atom. The number of hydrogen-bond acceptors (Lipinski definition) is 19. The number of benzene rings is 6. The number of fused-ring (bicyclic) bond motifs is 2. The summed E-state index contributed by atoms with van der Waals surface area (Å²) in [4.78, 5) is 63.9. The van der Waals surface area contributed by atoms with Crippen LogP contribution in [0.15, 0.2) is 123 Å². The second kappa shape index (κ2) is 23.6. The maximum atomic E-state index is 14.0. The van der Waals surface area contributed by atoms with Crippen molar-refractivity contribution in [2.24, 2.45) is 10.2 Å². The number of nitrogens with one attached hydrogen (secondary N) is 3. The van der Waals surface area contributed by atoms with E-state index in [4.69, 9.17) is 30.3 Å². The molecule has 0 aliphatic heterocycles. The van der Waals surface area contributed by atoms with Crippen LogP contribution in [-0.2, 0) is 25.5 Å². The van der Waals surface area contributed by atoms with Gasteiger partial charge in [-0.2, -0.15) is 15.0 Å². The molecular formula is C62H54N12O12S4. The monoisotopic (exact) mass is 1290 g/mol. The fourth-order valence-corrected chi connectivity index (χ4v) is 14.5. The largest absolute Gasteiger partial charge is 0.478 e. The van der Waals surface area contributed by atoms with Gasteiger partial charge in [0.15, 0.2) is 16.8 Å². The maximum absolute atomic E-state index is 14.0. The molecule has 10 rings (SSSR count). The summed E-state index contributed by atoms with van der Waals surface area (Å²) in [5.41, 5.74) is 5.80. The molecule has 0 radical (unpaired) electrons. The van der Waals surface area contributed by atoms with E-state index in [2.05, 4.69) is 20.8 Å². The number of aromatic nitrogens is 5. The molecule has 0 fully saturated rings. The van der Waals surface area contributed by atoms with Crippen molar-refractivity contribution in [3.8, 4) is 11.2 Å². The average Bonchev–Trinajstić information content (AvgIpc) is 1.52. The van der Waals surface area contributed by atoms with Crippen LogP contribution in [0.1, 0.15) is 112 Å². The number of hydrogen-bond donors (Lipinski definition) is 7. The van der Waals surface area contributed by atoms with Gasteiger partial charge in [0.2, 0.25) is 5.13 Å². The number of nitrogens with zero attached hydrogens (tertiary/aromatic N) is 9. The Labute approximate surface area is 522 Å². The summed E-state index contributed by atoms with van der Waals surface area (Å²) in [7, 11) is -8.90. The third kappa shape index (κ3) is 12.5. The van der Waals surface area contributed by atoms with Crippen molar-refractivity contribution < 1.29 is 56.4 Å². The van der Waals surface area contributed by atoms with Gasteiger partial charge in [0.25, 0.3) is 20.0 Å². The number of aryl methyl sites for hydroxylation is 7. The highest BCUT2D eigenvalue weighted by Gasteiger charge is 2.31. The summed E-state index contributed by atoms with van der Waals surface area (Å²) in [6.07, 6.45) is 0. The summed E-state index contributed by atoms with van der Waals surface area (Å²) in [5, 5.41) is 68.1. The lowest BCUT2D eigenvalue weighted by Gasteiger charge is -2.27. The Morgan fingerprint density at radius 2 is 1.06 bits per heavy atom. The number of rotatable bonds is 18. The lowest BCUT2D eigenvalue weighted by molar-refractivity contribution is 0.0676. The highest BCUT2D eigenvalue weighted by Crippen LogP contribution is 2.46. The van der Waals surface area contributed by atoms with Crippen LogP contribution in [0.4, 0.5) is 51.0 Å². The van der Waals surface area contributed by atoms with Gasteiger partial charge in [-0.05, 0) is 155 Å². The van der Waals surface area contributed by atoms with Crippen LogP contribution in [0, 0.1) is 59.8 Å². The number of aromatic carboxylic acids is 4. The van der Waals surface area contributed by atoms with Gasteiger partial charge in [-0.15, -0.1) is 10.2 Å². The first-order chi connectivity index (χ1) is 42.3. The first-order valence-corrected chi connectivity index (χ1v) is 31.7. The number of carboxylic acid groups (broad SMARTS) is 4. The topological polar surface area (TPSA) is 362 Å². The molecule has 28 heteroatoms. The fourth-order valence-electron chi connectivity index (χ4n) is 10.3. The first-order valence-electron chi connectivity index (χ1n) is 27.1. The predicted octanol–water partition coefficient (Wildman–Crippen LogP) is 13.8. The second-order valence-electron chi connectivity index (χ2n) is 22.3. The van der Waals surface area contributed by atoms with E-state index in [0.29, 0.717) is 54.0 Å². The van der Waals surface area contributed by atoms with E-state index in [1.807, 2.05) is 98.4 Å². The Morgan fingerprint density at radius 3 is 1.52 bits per heavy atom. The highest BCUT2D eigenvalue weighted by molar-refractivity contribution is 7.93. The molecular weight excluding hydrogens is 1230 g/mol. The van der Waals surface area contributed by atoms with Gasteiger partial charge < -0.3 is 25.7 Å². The zero-order chi connectivity index (χ0) is 65.2. The number of sulfonamides is 2. The molecule has 10 aromatic rings. The van der Waals surface area contributed by atoms with Gasteiger partial charge in [0.1, 0.15) is 23.1 Å². The zero-order valence-electron chi connectivity index (χ0n) is 49.5. The van der Waals surface area contributed by atoms with Crippen molar-refractivity contribution in [1.29, 1.82) is 5.26 Å². The Bertz CT molecular complexity index is 4930. The second-order valence-corrected chi connectivity index (χ2v) is 27.7. The van der Waals surface area contributed by atoms with Crippen LogP contribution in [0.2, 0.25) is 0 Å². The Kier molecular flexibility index (Phi) is 16.4. The number of carboxylic acids is 4. The van der Waals surface area contributed by atoms with Gasteiger partial charge in [-0.25, -0.2) is 51.0 Å². The van der Waals surface area contributed by atoms with Crippen LogP contribution in [0.5, 0.6) is 0 Å². The van der Waals surface area contributed by atoms with E-state index in [0.717, 1.165) is 92.5 Å². The zero-order valence-corrected chi connectivity index (χ0v) is 52.8.